The molecular formula is C14H19N3O3. The summed E-state index contributed by atoms with van der Waals surface area (Å²) in [5, 5.41) is 5.61. The van der Waals surface area contributed by atoms with Crippen molar-refractivity contribution in [1.82, 2.24) is 15.5 Å². The molecule has 0 spiro atoms. The number of piperazine rings is 1. The monoisotopic (exact) mass is 277 g/mol. The lowest BCUT2D eigenvalue weighted by Gasteiger charge is -2.27. The van der Waals surface area contributed by atoms with Crippen molar-refractivity contribution < 1.29 is 14.3 Å². The summed E-state index contributed by atoms with van der Waals surface area (Å²) in [7, 11) is 3.37. The minimum atomic E-state index is -0.351. The van der Waals surface area contributed by atoms with E-state index in [0.717, 1.165) is 11.3 Å². The van der Waals surface area contributed by atoms with Gasteiger partial charge in [-0.3, -0.25) is 14.9 Å². The molecule has 6 nitrogen and oxygen atoms in total. The summed E-state index contributed by atoms with van der Waals surface area (Å²) >= 11 is 0. The number of methoxy groups -OCH3 is 1. The van der Waals surface area contributed by atoms with Crippen LogP contribution in [0.1, 0.15) is 5.56 Å². The number of amides is 2. The maximum Gasteiger partial charge on any atom is 0.241 e. The Morgan fingerprint density at radius 1 is 1.40 bits per heavy atom. The van der Waals surface area contributed by atoms with Crippen LogP contribution < -0.4 is 15.4 Å². The maximum absolute atomic E-state index is 12.2. The first-order chi connectivity index (χ1) is 9.60. The molecule has 1 atom stereocenters. The van der Waals surface area contributed by atoms with Gasteiger partial charge in [0.2, 0.25) is 11.8 Å². The molecule has 1 heterocycles. The lowest BCUT2D eigenvalue weighted by molar-refractivity contribution is -0.134. The van der Waals surface area contributed by atoms with Crippen LogP contribution in [-0.4, -0.2) is 50.0 Å². The van der Waals surface area contributed by atoms with Crippen molar-refractivity contribution in [3.8, 4) is 5.75 Å². The molecular weight excluding hydrogens is 258 g/mol. The van der Waals surface area contributed by atoms with Crippen molar-refractivity contribution in [1.29, 1.82) is 0 Å². The van der Waals surface area contributed by atoms with Crippen LogP contribution in [0.15, 0.2) is 24.3 Å². The Balaban J connectivity index is 1.91. The number of carbonyl (C=O) groups is 2. The summed E-state index contributed by atoms with van der Waals surface area (Å²) in [5.74, 6) is 0.687. The molecule has 6 heteroatoms. The van der Waals surface area contributed by atoms with Crippen molar-refractivity contribution in [3.63, 3.8) is 0 Å². The van der Waals surface area contributed by atoms with E-state index in [1.54, 1.807) is 19.1 Å². The molecule has 1 unspecified atom stereocenters. The number of benzene rings is 1. The third-order valence-electron chi connectivity index (χ3n) is 3.27. The fraction of sp³-hybridized carbons (Fsp3) is 0.429. The van der Waals surface area contributed by atoms with Gasteiger partial charge in [0, 0.05) is 20.1 Å². The summed E-state index contributed by atoms with van der Waals surface area (Å²) in [5.41, 5.74) is 1.03. The number of hydrogen-bond acceptors (Lipinski definition) is 4. The fourth-order valence-corrected chi connectivity index (χ4v) is 2.09. The van der Waals surface area contributed by atoms with E-state index < -0.39 is 0 Å². The van der Waals surface area contributed by atoms with Crippen molar-refractivity contribution in [2.45, 2.75) is 12.6 Å². The number of likely N-dealkylation sites (N-methyl/N-ethyl adjacent to an activating group) is 1. The molecule has 0 aromatic heterocycles. The Hall–Kier alpha value is -2.08. The van der Waals surface area contributed by atoms with Gasteiger partial charge in [-0.2, -0.15) is 0 Å². The highest BCUT2D eigenvalue weighted by Gasteiger charge is 2.26. The van der Waals surface area contributed by atoms with Gasteiger partial charge in [0.1, 0.15) is 11.8 Å². The molecule has 0 saturated carbocycles. The van der Waals surface area contributed by atoms with E-state index in [9.17, 15) is 9.59 Å². The third-order valence-corrected chi connectivity index (χ3v) is 3.27. The number of ether oxygens (including phenoxy) is 1. The van der Waals surface area contributed by atoms with E-state index in [-0.39, 0.29) is 24.4 Å². The zero-order chi connectivity index (χ0) is 14.5. The first-order valence-electron chi connectivity index (χ1n) is 6.48. The SMILES string of the molecule is COc1ccc(CN(C)C(=O)C2CNC(=O)CN2)cc1. The van der Waals surface area contributed by atoms with Gasteiger partial charge in [-0.1, -0.05) is 12.1 Å². The molecule has 0 aliphatic carbocycles. The number of carbonyl (C=O) groups excluding carboxylic acids is 2. The van der Waals surface area contributed by atoms with Gasteiger partial charge >= 0.3 is 0 Å². The Bertz CT molecular complexity index is 477. The van der Waals surface area contributed by atoms with Gasteiger partial charge in [-0.15, -0.1) is 0 Å². The van der Waals surface area contributed by atoms with Gasteiger partial charge < -0.3 is 15.0 Å². The van der Waals surface area contributed by atoms with Crippen molar-refractivity contribution in [3.05, 3.63) is 29.8 Å². The van der Waals surface area contributed by atoms with Crippen LogP contribution in [0.25, 0.3) is 0 Å². The zero-order valence-corrected chi connectivity index (χ0v) is 11.7. The summed E-state index contributed by atoms with van der Waals surface area (Å²) in [4.78, 5) is 24.9. The predicted molar refractivity (Wildman–Crippen MR) is 74.3 cm³/mol. The summed E-state index contributed by atoms with van der Waals surface area (Å²) in [6.07, 6.45) is 0. The van der Waals surface area contributed by atoms with Gasteiger partial charge in [0.15, 0.2) is 0 Å². The van der Waals surface area contributed by atoms with Crippen LogP contribution in [-0.2, 0) is 16.1 Å². The van der Waals surface area contributed by atoms with Gasteiger partial charge in [-0.05, 0) is 17.7 Å². The maximum atomic E-state index is 12.2. The number of nitrogens with one attached hydrogen (secondary N) is 2. The van der Waals surface area contributed by atoms with E-state index in [4.69, 9.17) is 4.74 Å². The molecule has 1 aliphatic heterocycles. The lowest BCUT2D eigenvalue weighted by Crippen LogP contribution is -2.58. The van der Waals surface area contributed by atoms with Gasteiger partial charge in [0.05, 0.1) is 13.7 Å². The lowest BCUT2D eigenvalue weighted by atomic mass is 10.1. The standard InChI is InChI=1S/C14H19N3O3/c1-17(9-10-3-5-11(20-2)6-4-10)14(19)12-7-16-13(18)8-15-12/h3-6,12,15H,7-9H2,1-2H3,(H,16,18). The smallest absolute Gasteiger partial charge is 0.241 e. The van der Waals surface area contributed by atoms with Crippen LogP contribution in [0.2, 0.25) is 0 Å². The molecule has 1 fully saturated rings. The van der Waals surface area contributed by atoms with Crippen LogP contribution in [0.4, 0.5) is 0 Å². The fourth-order valence-electron chi connectivity index (χ4n) is 2.09. The highest BCUT2D eigenvalue weighted by Crippen LogP contribution is 2.13. The highest BCUT2D eigenvalue weighted by atomic mass is 16.5. The van der Waals surface area contributed by atoms with Crippen molar-refractivity contribution in [2.75, 3.05) is 27.2 Å². The van der Waals surface area contributed by atoms with E-state index in [0.29, 0.717) is 13.1 Å². The van der Waals surface area contributed by atoms with Gasteiger partial charge in [-0.25, -0.2) is 0 Å². The Labute approximate surface area is 118 Å². The Morgan fingerprint density at radius 3 is 2.65 bits per heavy atom. The zero-order valence-electron chi connectivity index (χ0n) is 11.7. The van der Waals surface area contributed by atoms with Crippen LogP contribution in [0.3, 0.4) is 0 Å². The molecule has 0 bridgehead atoms. The second kappa shape index (κ2) is 6.38. The summed E-state index contributed by atoms with van der Waals surface area (Å²) in [6.45, 7) is 1.05. The molecule has 0 radical (unpaired) electrons. The molecule has 1 aromatic rings. The molecule has 1 aromatic carbocycles. The molecule has 2 N–H and O–H groups in total. The van der Waals surface area contributed by atoms with Crippen LogP contribution in [0.5, 0.6) is 5.75 Å². The molecule has 2 rings (SSSR count). The minimum absolute atomic E-state index is 0.0270. The van der Waals surface area contributed by atoms with Crippen LogP contribution in [0, 0.1) is 0 Å². The van der Waals surface area contributed by atoms with Crippen LogP contribution >= 0.6 is 0 Å². The Kier molecular flexibility index (Phi) is 4.57. The second-order valence-corrected chi connectivity index (χ2v) is 4.78. The minimum Gasteiger partial charge on any atom is -0.497 e. The molecule has 2 amide bonds. The first kappa shape index (κ1) is 14.3. The van der Waals surface area contributed by atoms with E-state index >= 15 is 0 Å². The largest absolute Gasteiger partial charge is 0.497 e. The van der Waals surface area contributed by atoms with E-state index in [1.807, 2.05) is 24.3 Å². The number of rotatable bonds is 4. The molecule has 108 valence electrons. The molecule has 20 heavy (non-hydrogen) atoms. The van der Waals surface area contributed by atoms with E-state index in [1.165, 1.54) is 0 Å². The summed E-state index contributed by atoms with van der Waals surface area (Å²) < 4.78 is 5.10. The average molecular weight is 277 g/mol. The molecule has 1 aliphatic rings. The Morgan fingerprint density at radius 2 is 2.10 bits per heavy atom. The molecule has 1 saturated heterocycles. The van der Waals surface area contributed by atoms with Gasteiger partial charge in [0.25, 0.3) is 0 Å². The number of hydrogen-bond donors (Lipinski definition) is 2. The summed E-state index contributed by atoms with van der Waals surface area (Å²) in [6, 6.07) is 7.24. The third kappa shape index (κ3) is 3.48. The van der Waals surface area contributed by atoms with Crippen molar-refractivity contribution >= 4 is 11.8 Å². The van der Waals surface area contributed by atoms with Crippen molar-refractivity contribution in [2.24, 2.45) is 0 Å². The quantitative estimate of drug-likeness (QED) is 0.795. The predicted octanol–water partition coefficient (Wildman–Crippen LogP) is -0.258. The highest BCUT2D eigenvalue weighted by molar-refractivity contribution is 5.86. The number of nitrogens with zero attached hydrogens (tertiary/aromatic N) is 1. The average Bonchev–Trinajstić information content (AvgIpc) is 2.48. The topological polar surface area (TPSA) is 70.7 Å². The first-order valence-corrected chi connectivity index (χ1v) is 6.48. The second-order valence-electron chi connectivity index (χ2n) is 4.78. The van der Waals surface area contributed by atoms with E-state index in [2.05, 4.69) is 10.6 Å². The normalized spacial score (nSPS) is 18.3.